The highest BCUT2D eigenvalue weighted by molar-refractivity contribution is 5.09. The summed E-state index contributed by atoms with van der Waals surface area (Å²) in [7, 11) is 0. The molecule has 17 heavy (non-hydrogen) atoms. The molecule has 0 saturated heterocycles. The second-order valence-corrected chi connectivity index (χ2v) is 9.47. The zero-order chi connectivity index (χ0) is 13.2. The molecule has 3 fully saturated rings. The topological polar surface area (TPSA) is 0 Å². The summed E-state index contributed by atoms with van der Waals surface area (Å²) in [4.78, 5) is 0. The highest BCUT2D eigenvalue weighted by atomic mass is 14.7. The average Bonchev–Trinajstić information content (AvgIpc) is 1.93. The lowest BCUT2D eigenvalue weighted by atomic mass is 9.38. The first-order chi connectivity index (χ1) is 7.45. The van der Waals surface area contributed by atoms with Crippen LogP contribution in [0.2, 0.25) is 0 Å². The smallest absolute Gasteiger partial charge is 0.0289 e. The fourth-order valence-corrected chi connectivity index (χ4v) is 5.41. The van der Waals surface area contributed by atoms with E-state index in [9.17, 15) is 0 Å². The van der Waals surface area contributed by atoms with Crippen LogP contribution in [0.25, 0.3) is 0 Å². The average molecular weight is 236 g/mol. The fraction of sp³-hybridized carbons (Fsp3) is 1.00. The van der Waals surface area contributed by atoms with E-state index in [4.69, 9.17) is 0 Å². The van der Waals surface area contributed by atoms with Gasteiger partial charge in [0.1, 0.15) is 0 Å². The molecule has 3 aliphatic carbocycles. The van der Waals surface area contributed by atoms with Crippen LogP contribution in [0.4, 0.5) is 0 Å². The second kappa shape index (κ2) is 3.52. The monoisotopic (exact) mass is 236 g/mol. The molecule has 3 saturated carbocycles. The van der Waals surface area contributed by atoms with Crippen molar-refractivity contribution in [2.45, 2.75) is 68.2 Å². The third-order valence-electron chi connectivity index (χ3n) is 5.94. The van der Waals surface area contributed by atoms with E-state index in [-0.39, 0.29) is 0 Å². The van der Waals surface area contributed by atoms with Gasteiger partial charge in [-0.05, 0) is 52.8 Å². The quantitative estimate of drug-likeness (QED) is 0.530. The van der Waals surface area contributed by atoms with Crippen LogP contribution in [0.15, 0.2) is 0 Å². The summed E-state index contributed by atoms with van der Waals surface area (Å²) in [5, 5.41) is 0. The van der Waals surface area contributed by atoms with E-state index < -0.39 is 0 Å². The zero-order valence-electron chi connectivity index (χ0n) is 13.2. The van der Waals surface area contributed by atoms with E-state index in [2.05, 4.69) is 55.4 Å². The van der Waals surface area contributed by atoms with Crippen molar-refractivity contribution in [3.05, 3.63) is 0 Å². The summed E-state index contributed by atoms with van der Waals surface area (Å²) < 4.78 is 0. The van der Waals surface area contributed by atoms with Crippen LogP contribution in [0.1, 0.15) is 68.2 Å². The molecule has 0 N–H and O–H groups in total. The van der Waals surface area contributed by atoms with E-state index in [0.717, 1.165) is 23.7 Å². The molecule has 0 heteroatoms. The van der Waals surface area contributed by atoms with Gasteiger partial charge in [0, 0.05) is 0 Å². The van der Waals surface area contributed by atoms with E-state index in [0.29, 0.717) is 16.2 Å². The summed E-state index contributed by atoms with van der Waals surface area (Å²) in [5.41, 5.74) is 1.52. The fourth-order valence-electron chi connectivity index (χ4n) is 5.41. The van der Waals surface area contributed by atoms with Crippen molar-refractivity contribution in [2.75, 3.05) is 0 Å². The van der Waals surface area contributed by atoms with Crippen LogP contribution < -0.4 is 0 Å². The Morgan fingerprint density at radius 2 is 1.35 bits per heavy atom. The van der Waals surface area contributed by atoms with E-state index in [1.807, 2.05) is 0 Å². The Kier molecular flexibility index (Phi) is 2.78. The van der Waals surface area contributed by atoms with Gasteiger partial charge in [0.05, 0.1) is 0 Å². The SMILES string of the molecule is CC(C)(C)C1C2CC1C(C)(C)C(C(C)(C)C)C2. The number of hydrogen-bond donors (Lipinski definition) is 0. The minimum Gasteiger partial charge on any atom is -0.0599 e. The molecule has 0 aromatic rings. The van der Waals surface area contributed by atoms with Crippen LogP contribution in [-0.2, 0) is 0 Å². The van der Waals surface area contributed by atoms with Crippen molar-refractivity contribution in [1.29, 1.82) is 0 Å². The highest BCUT2D eigenvalue weighted by Crippen LogP contribution is 2.68. The third kappa shape index (κ3) is 1.96. The maximum atomic E-state index is 2.54. The minimum absolute atomic E-state index is 0.475. The van der Waals surface area contributed by atoms with Crippen molar-refractivity contribution in [3.63, 3.8) is 0 Å². The molecular formula is C17H32. The van der Waals surface area contributed by atoms with Gasteiger partial charge >= 0.3 is 0 Å². The normalized spacial score (nSPS) is 40.9. The standard InChI is InChI=1S/C17H32/c1-15(2,3)13-10-11-9-12(17(13,7)8)14(11)16(4,5)6/h11-14H,9-10H2,1-8H3. The van der Waals surface area contributed by atoms with Gasteiger partial charge in [0.2, 0.25) is 0 Å². The molecule has 0 heterocycles. The molecule has 2 bridgehead atoms. The summed E-state index contributed by atoms with van der Waals surface area (Å²) >= 11 is 0. The van der Waals surface area contributed by atoms with Crippen LogP contribution >= 0.6 is 0 Å². The van der Waals surface area contributed by atoms with Crippen molar-refractivity contribution in [2.24, 2.45) is 39.9 Å². The van der Waals surface area contributed by atoms with Gasteiger partial charge in [-0.3, -0.25) is 0 Å². The first-order valence-electron chi connectivity index (χ1n) is 7.45. The Morgan fingerprint density at radius 1 is 0.824 bits per heavy atom. The Morgan fingerprint density at radius 3 is 1.71 bits per heavy atom. The van der Waals surface area contributed by atoms with Crippen LogP contribution in [-0.4, -0.2) is 0 Å². The van der Waals surface area contributed by atoms with Gasteiger partial charge in [-0.15, -0.1) is 0 Å². The summed E-state index contributed by atoms with van der Waals surface area (Å²) in [5.74, 6) is 3.84. The molecule has 0 amide bonds. The molecule has 0 aromatic carbocycles. The molecule has 3 rings (SSSR count). The van der Waals surface area contributed by atoms with Gasteiger partial charge in [-0.2, -0.15) is 0 Å². The molecular weight excluding hydrogens is 204 g/mol. The van der Waals surface area contributed by atoms with Crippen molar-refractivity contribution < 1.29 is 0 Å². The minimum atomic E-state index is 0.475. The summed E-state index contributed by atoms with van der Waals surface area (Å²) in [6, 6.07) is 0. The molecule has 4 unspecified atom stereocenters. The number of hydrogen-bond acceptors (Lipinski definition) is 0. The lowest BCUT2D eigenvalue weighted by Gasteiger charge is -2.67. The number of fused-ring (bicyclic) bond motifs is 2. The Bertz CT molecular complexity index is 297. The molecule has 3 aliphatic rings. The van der Waals surface area contributed by atoms with Gasteiger partial charge in [-0.1, -0.05) is 55.4 Å². The molecule has 100 valence electrons. The predicted octanol–water partition coefficient (Wildman–Crippen LogP) is 5.38. The van der Waals surface area contributed by atoms with E-state index in [1.54, 1.807) is 0 Å². The summed E-state index contributed by atoms with van der Waals surface area (Å²) in [6.45, 7) is 19.8. The maximum absolute atomic E-state index is 2.54. The lowest BCUT2D eigenvalue weighted by molar-refractivity contribution is -0.185. The Balaban J connectivity index is 2.25. The van der Waals surface area contributed by atoms with Crippen LogP contribution in [0.3, 0.4) is 0 Å². The van der Waals surface area contributed by atoms with E-state index in [1.165, 1.54) is 12.8 Å². The second-order valence-electron chi connectivity index (χ2n) is 9.47. The lowest BCUT2D eigenvalue weighted by Crippen LogP contribution is -2.60. The largest absolute Gasteiger partial charge is 0.0599 e. The zero-order valence-corrected chi connectivity index (χ0v) is 13.2. The first-order valence-corrected chi connectivity index (χ1v) is 7.45. The van der Waals surface area contributed by atoms with Crippen LogP contribution in [0, 0.1) is 39.9 Å². The Hall–Kier alpha value is 0. The number of rotatable bonds is 0. The third-order valence-corrected chi connectivity index (χ3v) is 5.94. The summed E-state index contributed by atoms with van der Waals surface area (Å²) in [6.07, 6.45) is 2.97. The molecule has 0 nitrogen and oxygen atoms in total. The van der Waals surface area contributed by atoms with Crippen LogP contribution in [0.5, 0.6) is 0 Å². The first kappa shape index (κ1) is 13.4. The Labute approximate surface area is 109 Å². The van der Waals surface area contributed by atoms with Crippen molar-refractivity contribution in [1.82, 2.24) is 0 Å². The molecule has 0 aromatic heterocycles. The molecule has 0 radical (unpaired) electrons. The van der Waals surface area contributed by atoms with Gasteiger partial charge < -0.3 is 0 Å². The molecule has 0 spiro atoms. The molecule has 0 aliphatic heterocycles. The van der Waals surface area contributed by atoms with E-state index >= 15 is 0 Å². The van der Waals surface area contributed by atoms with Crippen molar-refractivity contribution in [3.8, 4) is 0 Å². The van der Waals surface area contributed by atoms with Gasteiger partial charge in [-0.25, -0.2) is 0 Å². The predicted molar refractivity (Wildman–Crippen MR) is 75.9 cm³/mol. The van der Waals surface area contributed by atoms with Gasteiger partial charge in [0.25, 0.3) is 0 Å². The van der Waals surface area contributed by atoms with Gasteiger partial charge in [0.15, 0.2) is 0 Å². The molecule has 4 atom stereocenters. The maximum Gasteiger partial charge on any atom is -0.0289 e. The van der Waals surface area contributed by atoms with Crippen molar-refractivity contribution >= 4 is 0 Å². The highest BCUT2D eigenvalue weighted by Gasteiger charge is 2.61.